The summed E-state index contributed by atoms with van der Waals surface area (Å²) in [6.45, 7) is 0.626. The second kappa shape index (κ2) is 9.57. The summed E-state index contributed by atoms with van der Waals surface area (Å²) in [5.41, 5.74) is 9.86. The van der Waals surface area contributed by atoms with Gasteiger partial charge in [-0.3, -0.25) is 14.3 Å². The number of nitrogens with one attached hydrogen (secondary N) is 1. The molecule has 0 aliphatic carbocycles. The Morgan fingerprint density at radius 1 is 0.938 bits per heavy atom. The van der Waals surface area contributed by atoms with E-state index in [-0.39, 0.29) is 5.91 Å². The highest BCUT2D eigenvalue weighted by Crippen LogP contribution is 2.23. The van der Waals surface area contributed by atoms with Crippen LogP contribution in [0.5, 0.6) is 0 Å². The van der Waals surface area contributed by atoms with E-state index in [4.69, 9.17) is 10.8 Å². The summed E-state index contributed by atoms with van der Waals surface area (Å²) in [5.74, 6) is -0.864. The summed E-state index contributed by atoms with van der Waals surface area (Å²) >= 11 is 0. The van der Waals surface area contributed by atoms with Gasteiger partial charge in [0.15, 0.2) is 0 Å². The van der Waals surface area contributed by atoms with E-state index in [2.05, 4.69) is 5.32 Å². The molecule has 0 unspecified atom stereocenters. The molecule has 32 heavy (non-hydrogen) atoms. The highest BCUT2D eigenvalue weighted by atomic mass is 16.1. The predicted octanol–water partition coefficient (Wildman–Crippen LogP) is 4.35. The Morgan fingerprint density at radius 2 is 1.66 bits per heavy atom. The molecular formula is C26H22N4O2. The lowest BCUT2D eigenvalue weighted by Gasteiger charge is -2.03. The number of anilines is 1. The Balaban J connectivity index is 1.57. The maximum absolute atomic E-state index is 12.5. The van der Waals surface area contributed by atoms with Crippen LogP contribution in [0.4, 0.5) is 5.69 Å². The molecule has 1 heterocycles. The van der Waals surface area contributed by atoms with Crippen molar-refractivity contribution in [1.82, 2.24) is 9.78 Å². The summed E-state index contributed by atoms with van der Waals surface area (Å²) in [6, 6.07) is 26.4. The van der Waals surface area contributed by atoms with Gasteiger partial charge in [0.1, 0.15) is 0 Å². The van der Waals surface area contributed by atoms with Crippen molar-refractivity contribution in [1.29, 1.82) is 0 Å². The molecule has 1 aromatic heterocycles. The molecule has 3 aromatic carbocycles. The van der Waals surface area contributed by atoms with Gasteiger partial charge >= 0.3 is 0 Å². The van der Waals surface area contributed by atoms with Crippen LogP contribution in [0, 0.1) is 0 Å². The molecule has 0 spiro atoms. The minimum Gasteiger partial charge on any atom is -0.366 e. The highest BCUT2D eigenvalue weighted by molar-refractivity contribution is 6.03. The topological polar surface area (TPSA) is 90.0 Å². The van der Waals surface area contributed by atoms with Crippen molar-refractivity contribution in [2.45, 2.75) is 6.54 Å². The van der Waals surface area contributed by atoms with Gasteiger partial charge in [0.25, 0.3) is 0 Å². The molecule has 6 nitrogen and oxygen atoms in total. The minimum absolute atomic E-state index is 0.318. The van der Waals surface area contributed by atoms with Crippen LogP contribution >= 0.6 is 0 Å². The standard InChI is InChI=1S/C26H22N4O2/c27-26(32)21-12-7-13-23(16-21)28-24(31)15-14-22-18-30(17-19-8-3-1-4-9-19)29-25(22)20-10-5-2-6-11-20/h1-16,18H,17H2,(H2,27,32)(H,28,31)/b15-14+. The highest BCUT2D eigenvalue weighted by Gasteiger charge is 2.10. The van der Waals surface area contributed by atoms with Crippen LogP contribution in [0.25, 0.3) is 17.3 Å². The number of carbonyl (C=O) groups excluding carboxylic acids is 2. The van der Waals surface area contributed by atoms with Gasteiger partial charge in [-0.15, -0.1) is 0 Å². The average molecular weight is 422 g/mol. The first-order valence-electron chi connectivity index (χ1n) is 10.1. The maximum Gasteiger partial charge on any atom is 0.248 e. The number of hydrogen-bond acceptors (Lipinski definition) is 3. The van der Waals surface area contributed by atoms with E-state index in [9.17, 15) is 9.59 Å². The zero-order chi connectivity index (χ0) is 22.3. The third-order valence-corrected chi connectivity index (χ3v) is 4.85. The van der Waals surface area contributed by atoms with E-state index < -0.39 is 5.91 Å². The third-order valence-electron chi connectivity index (χ3n) is 4.85. The number of nitrogens with two attached hydrogens (primary N) is 1. The number of carbonyl (C=O) groups is 2. The molecule has 0 fully saturated rings. The zero-order valence-corrected chi connectivity index (χ0v) is 17.3. The third kappa shape index (κ3) is 5.17. The largest absolute Gasteiger partial charge is 0.366 e. The lowest BCUT2D eigenvalue weighted by Crippen LogP contribution is -2.12. The normalized spacial score (nSPS) is 10.9. The maximum atomic E-state index is 12.5. The molecule has 4 aromatic rings. The number of benzene rings is 3. The van der Waals surface area contributed by atoms with Crippen LogP contribution in [0.2, 0.25) is 0 Å². The van der Waals surface area contributed by atoms with Gasteiger partial charge < -0.3 is 11.1 Å². The quantitative estimate of drug-likeness (QED) is 0.434. The second-order valence-electron chi connectivity index (χ2n) is 7.25. The fraction of sp³-hybridized carbons (Fsp3) is 0.0385. The van der Waals surface area contributed by atoms with Crippen LogP contribution in [0.1, 0.15) is 21.5 Å². The number of nitrogens with zero attached hydrogens (tertiary/aromatic N) is 2. The van der Waals surface area contributed by atoms with Crippen LogP contribution in [0.15, 0.2) is 97.2 Å². The Labute approximate surface area is 186 Å². The van der Waals surface area contributed by atoms with E-state index in [1.54, 1.807) is 30.3 Å². The molecule has 0 atom stereocenters. The van der Waals surface area contributed by atoms with Crippen LogP contribution in [0.3, 0.4) is 0 Å². The Kier molecular flexibility index (Phi) is 6.22. The molecule has 0 saturated carbocycles. The first-order chi connectivity index (χ1) is 15.6. The van der Waals surface area contributed by atoms with Crippen molar-refractivity contribution in [2.75, 3.05) is 5.32 Å². The molecule has 0 bridgehead atoms. The first kappa shape index (κ1) is 20.8. The molecule has 158 valence electrons. The van der Waals surface area contributed by atoms with Crippen LogP contribution < -0.4 is 11.1 Å². The summed E-state index contributed by atoms with van der Waals surface area (Å²) in [5, 5.41) is 7.50. The van der Waals surface area contributed by atoms with Crippen LogP contribution in [-0.2, 0) is 11.3 Å². The number of rotatable bonds is 7. The average Bonchev–Trinajstić information content (AvgIpc) is 3.21. The summed E-state index contributed by atoms with van der Waals surface area (Å²) in [6.07, 6.45) is 5.12. The van der Waals surface area contributed by atoms with Gasteiger partial charge in [0, 0.05) is 34.7 Å². The van der Waals surface area contributed by atoms with Crippen molar-refractivity contribution in [3.8, 4) is 11.3 Å². The van der Waals surface area contributed by atoms with Gasteiger partial charge in [-0.25, -0.2) is 0 Å². The minimum atomic E-state index is -0.546. The first-order valence-corrected chi connectivity index (χ1v) is 10.1. The summed E-state index contributed by atoms with van der Waals surface area (Å²) < 4.78 is 1.87. The van der Waals surface area contributed by atoms with E-state index in [1.165, 1.54) is 6.08 Å². The zero-order valence-electron chi connectivity index (χ0n) is 17.3. The van der Waals surface area contributed by atoms with Crippen molar-refractivity contribution < 1.29 is 9.59 Å². The number of aromatic nitrogens is 2. The fourth-order valence-corrected chi connectivity index (χ4v) is 3.33. The summed E-state index contributed by atoms with van der Waals surface area (Å²) in [7, 11) is 0. The molecule has 0 saturated heterocycles. The summed E-state index contributed by atoms with van der Waals surface area (Å²) in [4.78, 5) is 23.8. The SMILES string of the molecule is NC(=O)c1cccc(NC(=O)/C=C/c2cn(Cc3ccccc3)nc2-c2ccccc2)c1. The van der Waals surface area contributed by atoms with Crippen molar-refractivity contribution in [3.05, 3.63) is 114 Å². The monoisotopic (exact) mass is 422 g/mol. The van der Waals surface area contributed by atoms with Gasteiger partial charge in [-0.2, -0.15) is 5.10 Å². The lowest BCUT2D eigenvalue weighted by atomic mass is 10.1. The molecule has 0 aliphatic heterocycles. The molecule has 3 N–H and O–H groups in total. The van der Waals surface area contributed by atoms with Gasteiger partial charge in [0.05, 0.1) is 12.2 Å². The van der Waals surface area contributed by atoms with E-state index in [1.807, 2.05) is 71.5 Å². The van der Waals surface area contributed by atoms with Gasteiger partial charge in [0.2, 0.25) is 11.8 Å². The number of hydrogen-bond donors (Lipinski definition) is 2. The molecular weight excluding hydrogens is 400 g/mol. The lowest BCUT2D eigenvalue weighted by molar-refractivity contribution is -0.111. The van der Waals surface area contributed by atoms with E-state index in [0.717, 1.165) is 22.4 Å². The second-order valence-corrected chi connectivity index (χ2v) is 7.25. The fourth-order valence-electron chi connectivity index (χ4n) is 3.33. The molecule has 6 heteroatoms. The van der Waals surface area contributed by atoms with E-state index >= 15 is 0 Å². The molecule has 4 rings (SSSR count). The van der Waals surface area contributed by atoms with E-state index in [0.29, 0.717) is 17.8 Å². The van der Waals surface area contributed by atoms with Gasteiger partial charge in [-0.05, 0) is 29.8 Å². The molecule has 2 amide bonds. The predicted molar refractivity (Wildman–Crippen MR) is 126 cm³/mol. The number of primary amides is 1. The van der Waals surface area contributed by atoms with Crippen molar-refractivity contribution in [2.24, 2.45) is 5.73 Å². The number of amides is 2. The Hall–Kier alpha value is -4.45. The Bertz CT molecular complexity index is 1260. The van der Waals surface area contributed by atoms with Crippen LogP contribution in [-0.4, -0.2) is 21.6 Å². The van der Waals surface area contributed by atoms with Crippen molar-refractivity contribution >= 4 is 23.6 Å². The van der Waals surface area contributed by atoms with Crippen molar-refractivity contribution in [3.63, 3.8) is 0 Å². The molecule has 0 radical (unpaired) electrons. The smallest absolute Gasteiger partial charge is 0.248 e. The van der Waals surface area contributed by atoms with Gasteiger partial charge in [-0.1, -0.05) is 66.7 Å². The molecule has 0 aliphatic rings. The Morgan fingerprint density at radius 3 is 2.38 bits per heavy atom.